The number of nitrogens with one attached hydrogen (secondary N) is 2. The van der Waals surface area contributed by atoms with Gasteiger partial charge >= 0.3 is 0 Å². The molecule has 1 unspecified atom stereocenters. The maximum atomic E-state index is 5.08. The molecule has 6 nitrogen and oxygen atoms in total. The van der Waals surface area contributed by atoms with Crippen molar-refractivity contribution in [1.82, 2.24) is 15.6 Å². The molecule has 1 aromatic rings. The Morgan fingerprint density at radius 3 is 2.80 bits per heavy atom. The quantitative estimate of drug-likeness (QED) is 0.434. The fourth-order valence-corrected chi connectivity index (χ4v) is 1.58. The van der Waals surface area contributed by atoms with Gasteiger partial charge in [0.05, 0.1) is 13.7 Å². The van der Waals surface area contributed by atoms with Gasteiger partial charge in [-0.1, -0.05) is 0 Å². The lowest BCUT2D eigenvalue weighted by Gasteiger charge is -2.17. The number of aromatic nitrogens is 1. The van der Waals surface area contributed by atoms with Crippen LogP contribution in [-0.4, -0.2) is 44.9 Å². The first-order valence-electron chi connectivity index (χ1n) is 6.14. The van der Waals surface area contributed by atoms with Crippen LogP contribution in [0.15, 0.2) is 23.3 Å². The number of ether oxygens (including phenoxy) is 2. The van der Waals surface area contributed by atoms with Crippen molar-refractivity contribution in [2.75, 3.05) is 27.9 Å². The molecule has 0 aliphatic rings. The third kappa shape index (κ3) is 6.90. The van der Waals surface area contributed by atoms with Crippen molar-refractivity contribution in [2.24, 2.45) is 4.99 Å². The van der Waals surface area contributed by atoms with Gasteiger partial charge in [-0.25, -0.2) is 4.98 Å². The second-order valence-corrected chi connectivity index (χ2v) is 4.13. The number of nitrogens with zero attached hydrogens (tertiary/aromatic N) is 2. The molecule has 1 atom stereocenters. The van der Waals surface area contributed by atoms with Crippen molar-refractivity contribution >= 4 is 29.9 Å². The largest absolute Gasteiger partial charge is 0.481 e. The summed E-state index contributed by atoms with van der Waals surface area (Å²) in [5, 5.41) is 6.46. The number of guanidine groups is 1. The summed E-state index contributed by atoms with van der Waals surface area (Å²) in [4.78, 5) is 8.23. The molecular formula is C13H23IN4O2. The van der Waals surface area contributed by atoms with Crippen LogP contribution in [0.25, 0.3) is 0 Å². The lowest BCUT2D eigenvalue weighted by Crippen LogP contribution is -2.43. The normalized spacial score (nSPS) is 12.3. The highest BCUT2D eigenvalue weighted by atomic mass is 127. The summed E-state index contributed by atoms with van der Waals surface area (Å²) in [6.45, 7) is 3.31. The van der Waals surface area contributed by atoms with Crippen LogP contribution in [0.4, 0.5) is 0 Å². The Hall–Kier alpha value is -1.09. The minimum atomic E-state index is 0. The molecular weight excluding hydrogens is 371 g/mol. The monoisotopic (exact) mass is 394 g/mol. The minimum Gasteiger partial charge on any atom is -0.481 e. The van der Waals surface area contributed by atoms with Gasteiger partial charge in [0, 0.05) is 39.0 Å². The second-order valence-electron chi connectivity index (χ2n) is 4.13. The summed E-state index contributed by atoms with van der Waals surface area (Å²) >= 11 is 0. The zero-order chi connectivity index (χ0) is 14.1. The summed E-state index contributed by atoms with van der Waals surface area (Å²) in [6.07, 6.45) is 1.72. The van der Waals surface area contributed by atoms with Gasteiger partial charge in [-0.3, -0.25) is 4.99 Å². The molecule has 1 heterocycles. The molecule has 0 radical (unpaired) electrons. The molecule has 0 saturated carbocycles. The van der Waals surface area contributed by atoms with E-state index >= 15 is 0 Å². The van der Waals surface area contributed by atoms with Crippen molar-refractivity contribution in [1.29, 1.82) is 0 Å². The molecule has 20 heavy (non-hydrogen) atoms. The van der Waals surface area contributed by atoms with Gasteiger partial charge in [-0.2, -0.15) is 0 Å². The molecule has 0 fully saturated rings. The number of pyridine rings is 1. The third-order valence-corrected chi connectivity index (χ3v) is 2.49. The topological polar surface area (TPSA) is 67.8 Å². The average Bonchev–Trinajstić information content (AvgIpc) is 2.44. The molecule has 7 heteroatoms. The van der Waals surface area contributed by atoms with Gasteiger partial charge < -0.3 is 20.1 Å². The van der Waals surface area contributed by atoms with E-state index in [0.717, 1.165) is 11.5 Å². The van der Waals surface area contributed by atoms with Crippen molar-refractivity contribution in [3.05, 3.63) is 23.9 Å². The Morgan fingerprint density at radius 1 is 1.45 bits per heavy atom. The third-order valence-electron chi connectivity index (χ3n) is 2.49. The molecule has 114 valence electrons. The molecule has 0 spiro atoms. The van der Waals surface area contributed by atoms with Crippen LogP contribution >= 0.6 is 24.0 Å². The molecule has 0 aliphatic carbocycles. The molecule has 2 N–H and O–H groups in total. The Balaban J connectivity index is 0.00000361. The molecule has 0 aromatic carbocycles. The van der Waals surface area contributed by atoms with E-state index in [1.54, 1.807) is 27.5 Å². The van der Waals surface area contributed by atoms with Crippen LogP contribution in [0.1, 0.15) is 12.5 Å². The first-order valence-corrected chi connectivity index (χ1v) is 6.14. The average molecular weight is 394 g/mol. The molecule has 1 rings (SSSR count). The van der Waals surface area contributed by atoms with E-state index in [9.17, 15) is 0 Å². The summed E-state index contributed by atoms with van der Waals surface area (Å²) in [5.74, 6) is 1.34. The van der Waals surface area contributed by atoms with Gasteiger partial charge in [0.1, 0.15) is 0 Å². The van der Waals surface area contributed by atoms with E-state index in [1.807, 2.05) is 19.1 Å². The van der Waals surface area contributed by atoms with Gasteiger partial charge in [0.2, 0.25) is 5.88 Å². The number of halogens is 1. The van der Waals surface area contributed by atoms with E-state index in [4.69, 9.17) is 9.47 Å². The van der Waals surface area contributed by atoms with Crippen LogP contribution in [-0.2, 0) is 11.3 Å². The summed E-state index contributed by atoms with van der Waals surface area (Å²) in [5.41, 5.74) is 1.08. The Bertz CT molecular complexity index is 415. The lowest BCUT2D eigenvalue weighted by molar-refractivity contribution is 0.179. The Kier molecular flexibility index (Phi) is 10.1. The zero-order valence-corrected chi connectivity index (χ0v) is 14.7. The maximum absolute atomic E-state index is 5.08. The number of hydrogen-bond acceptors (Lipinski definition) is 4. The van der Waals surface area contributed by atoms with Crippen molar-refractivity contribution < 1.29 is 9.47 Å². The highest BCUT2D eigenvalue weighted by Gasteiger charge is 2.04. The van der Waals surface area contributed by atoms with Crippen LogP contribution in [0.2, 0.25) is 0 Å². The van der Waals surface area contributed by atoms with Crippen LogP contribution in [0.3, 0.4) is 0 Å². The zero-order valence-electron chi connectivity index (χ0n) is 12.3. The molecule has 0 aliphatic heterocycles. The smallest absolute Gasteiger partial charge is 0.213 e. The predicted octanol–water partition coefficient (Wildman–Crippen LogP) is 1.41. The summed E-state index contributed by atoms with van der Waals surface area (Å²) < 4.78 is 10.2. The lowest BCUT2D eigenvalue weighted by atomic mass is 10.2. The maximum Gasteiger partial charge on any atom is 0.213 e. The van der Waals surface area contributed by atoms with E-state index in [0.29, 0.717) is 19.0 Å². The van der Waals surface area contributed by atoms with Crippen LogP contribution in [0.5, 0.6) is 5.88 Å². The van der Waals surface area contributed by atoms with E-state index in [-0.39, 0.29) is 30.0 Å². The Morgan fingerprint density at radius 2 is 2.20 bits per heavy atom. The highest BCUT2D eigenvalue weighted by Crippen LogP contribution is 2.07. The summed E-state index contributed by atoms with van der Waals surface area (Å²) in [6, 6.07) is 4.02. The number of rotatable bonds is 6. The van der Waals surface area contributed by atoms with E-state index in [2.05, 4.69) is 20.6 Å². The predicted molar refractivity (Wildman–Crippen MR) is 90.9 cm³/mol. The van der Waals surface area contributed by atoms with Gasteiger partial charge in [0.15, 0.2) is 5.96 Å². The number of hydrogen-bond donors (Lipinski definition) is 2. The van der Waals surface area contributed by atoms with E-state index in [1.165, 1.54) is 0 Å². The fourth-order valence-electron chi connectivity index (χ4n) is 1.58. The first kappa shape index (κ1) is 18.9. The van der Waals surface area contributed by atoms with Crippen molar-refractivity contribution in [3.63, 3.8) is 0 Å². The van der Waals surface area contributed by atoms with Crippen LogP contribution in [0, 0.1) is 0 Å². The van der Waals surface area contributed by atoms with Gasteiger partial charge in [-0.15, -0.1) is 24.0 Å². The molecule has 0 saturated heterocycles. The van der Waals surface area contributed by atoms with E-state index < -0.39 is 0 Å². The number of aliphatic imine (C=N–C) groups is 1. The second kappa shape index (κ2) is 10.7. The number of methoxy groups -OCH3 is 2. The fraction of sp³-hybridized carbons (Fsp3) is 0.538. The van der Waals surface area contributed by atoms with Crippen LogP contribution < -0.4 is 15.4 Å². The molecule has 0 amide bonds. The standard InChI is InChI=1S/C13H22N4O2.HI/c1-10(9-18-3)17-13(14-2)16-8-11-5-6-15-12(7-11)19-4;/h5-7,10H,8-9H2,1-4H3,(H2,14,16,17);1H. The van der Waals surface area contributed by atoms with Gasteiger partial charge in [0.25, 0.3) is 0 Å². The highest BCUT2D eigenvalue weighted by molar-refractivity contribution is 14.0. The minimum absolute atomic E-state index is 0. The summed E-state index contributed by atoms with van der Waals surface area (Å²) in [7, 11) is 5.02. The van der Waals surface area contributed by atoms with Crippen molar-refractivity contribution in [2.45, 2.75) is 19.5 Å². The molecule has 1 aromatic heterocycles. The first-order chi connectivity index (χ1) is 9.19. The SMILES string of the molecule is CN=C(NCc1ccnc(OC)c1)NC(C)COC.I. The van der Waals surface area contributed by atoms with Gasteiger partial charge in [-0.05, 0) is 18.6 Å². The Labute approximate surface area is 137 Å². The molecule has 0 bridgehead atoms. The van der Waals surface area contributed by atoms with Crippen molar-refractivity contribution in [3.8, 4) is 5.88 Å².